The monoisotopic (exact) mass is 418 g/mol. The van der Waals surface area contributed by atoms with Gasteiger partial charge in [-0.2, -0.15) is 0 Å². The standard InChI is InChI=1S/C24H19O5P/c1-2-27-22(25)15-30(26)28-20-13-11-16-7-3-5-9-18(16)23(20)24-19-10-6-4-8-17(19)12-14-21(24)29-30/h3-14H,2,15H2,1H3. The summed E-state index contributed by atoms with van der Waals surface area (Å²) in [5, 5.41) is 3.98. The van der Waals surface area contributed by atoms with Crippen LogP contribution in [0.5, 0.6) is 11.5 Å². The van der Waals surface area contributed by atoms with Crippen LogP contribution in [0.25, 0.3) is 32.7 Å². The molecule has 0 bridgehead atoms. The van der Waals surface area contributed by atoms with E-state index >= 15 is 0 Å². The van der Waals surface area contributed by atoms with Crippen molar-refractivity contribution >= 4 is 35.1 Å². The number of carbonyl (C=O) groups is 1. The molecule has 5 rings (SSSR count). The molecule has 0 atom stereocenters. The Bertz CT molecular complexity index is 1250. The summed E-state index contributed by atoms with van der Waals surface area (Å²) in [6.07, 6.45) is -0.459. The minimum atomic E-state index is -3.84. The molecule has 4 aromatic rings. The second kappa shape index (κ2) is 7.19. The van der Waals surface area contributed by atoms with Crippen LogP contribution in [0.4, 0.5) is 0 Å². The lowest BCUT2D eigenvalue weighted by molar-refractivity contribution is -0.140. The molecule has 0 N–H and O–H groups in total. The molecular weight excluding hydrogens is 399 g/mol. The molecule has 0 radical (unpaired) electrons. The quantitative estimate of drug-likeness (QED) is 0.293. The molecule has 30 heavy (non-hydrogen) atoms. The highest BCUT2D eigenvalue weighted by Crippen LogP contribution is 2.58. The zero-order valence-corrected chi connectivity index (χ0v) is 17.2. The van der Waals surface area contributed by atoms with Crippen molar-refractivity contribution in [3.63, 3.8) is 0 Å². The van der Waals surface area contributed by atoms with Crippen molar-refractivity contribution in [1.29, 1.82) is 0 Å². The van der Waals surface area contributed by atoms with Crippen LogP contribution < -0.4 is 9.05 Å². The molecule has 5 nitrogen and oxygen atoms in total. The van der Waals surface area contributed by atoms with Gasteiger partial charge in [-0.1, -0.05) is 60.7 Å². The topological polar surface area (TPSA) is 61.8 Å². The van der Waals surface area contributed by atoms with E-state index in [4.69, 9.17) is 13.8 Å². The molecule has 0 unspecified atom stereocenters. The van der Waals surface area contributed by atoms with Gasteiger partial charge in [-0.15, -0.1) is 0 Å². The first kappa shape index (κ1) is 18.7. The number of hydrogen-bond donors (Lipinski definition) is 0. The van der Waals surface area contributed by atoms with E-state index in [1.54, 1.807) is 19.1 Å². The van der Waals surface area contributed by atoms with E-state index in [-0.39, 0.29) is 6.61 Å². The Morgan fingerprint density at radius 1 is 0.800 bits per heavy atom. The predicted octanol–water partition coefficient (Wildman–Crippen LogP) is 6.19. The van der Waals surface area contributed by atoms with Crippen LogP contribution in [0.2, 0.25) is 0 Å². The third kappa shape index (κ3) is 3.12. The fourth-order valence-corrected chi connectivity index (χ4v) is 5.40. The predicted molar refractivity (Wildman–Crippen MR) is 117 cm³/mol. The first-order valence-corrected chi connectivity index (χ1v) is 11.5. The smallest absolute Gasteiger partial charge is 0.441 e. The summed E-state index contributed by atoms with van der Waals surface area (Å²) in [5.74, 6) is 0.236. The van der Waals surface area contributed by atoms with Crippen LogP contribution in [0.1, 0.15) is 6.92 Å². The molecule has 0 amide bonds. The molecule has 0 aromatic heterocycles. The van der Waals surface area contributed by atoms with Crippen LogP contribution in [-0.4, -0.2) is 18.7 Å². The number of benzene rings is 4. The Morgan fingerprint density at radius 2 is 1.30 bits per heavy atom. The molecule has 0 fully saturated rings. The van der Waals surface area contributed by atoms with Crippen LogP contribution >= 0.6 is 7.60 Å². The maximum Gasteiger partial charge on any atom is 0.441 e. The van der Waals surface area contributed by atoms with Gasteiger partial charge in [-0.25, -0.2) is 4.57 Å². The van der Waals surface area contributed by atoms with Crippen LogP contribution in [-0.2, 0) is 14.1 Å². The van der Waals surface area contributed by atoms with Gasteiger partial charge in [0.25, 0.3) is 0 Å². The van der Waals surface area contributed by atoms with Crippen molar-refractivity contribution in [3.8, 4) is 22.6 Å². The minimum Gasteiger partial charge on any atom is -0.465 e. The summed E-state index contributed by atoms with van der Waals surface area (Å²) in [7, 11) is -3.84. The van der Waals surface area contributed by atoms with E-state index in [1.807, 2.05) is 60.7 Å². The van der Waals surface area contributed by atoms with E-state index in [0.717, 1.165) is 32.7 Å². The normalized spacial score (nSPS) is 14.2. The summed E-state index contributed by atoms with van der Waals surface area (Å²) >= 11 is 0. The average Bonchev–Trinajstić information content (AvgIpc) is 2.87. The Hall–Kier alpha value is -3.30. The van der Waals surface area contributed by atoms with Gasteiger partial charge < -0.3 is 13.8 Å². The molecule has 1 aliphatic rings. The molecule has 150 valence electrons. The van der Waals surface area contributed by atoms with Crippen molar-refractivity contribution in [3.05, 3.63) is 72.8 Å². The van der Waals surface area contributed by atoms with E-state index in [1.165, 1.54) is 0 Å². The summed E-state index contributed by atoms with van der Waals surface area (Å²) in [6.45, 7) is 1.90. The Balaban J connectivity index is 1.82. The van der Waals surface area contributed by atoms with Crippen molar-refractivity contribution in [2.24, 2.45) is 0 Å². The van der Waals surface area contributed by atoms with Gasteiger partial charge in [0, 0.05) is 11.1 Å². The van der Waals surface area contributed by atoms with E-state index in [2.05, 4.69) is 0 Å². The lowest BCUT2D eigenvalue weighted by atomic mass is 9.92. The molecular formula is C24H19O5P. The zero-order chi connectivity index (χ0) is 20.7. The summed E-state index contributed by atoms with van der Waals surface area (Å²) in [4.78, 5) is 12.1. The van der Waals surface area contributed by atoms with Gasteiger partial charge in [0.15, 0.2) is 6.16 Å². The van der Waals surface area contributed by atoms with Crippen molar-refractivity contribution in [2.45, 2.75) is 6.92 Å². The van der Waals surface area contributed by atoms with Crippen LogP contribution in [0, 0.1) is 0 Å². The van der Waals surface area contributed by atoms with Gasteiger partial charge >= 0.3 is 13.6 Å². The first-order chi connectivity index (χ1) is 14.6. The number of esters is 1. The molecule has 6 heteroatoms. The molecule has 0 spiro atoms. The first-order valence-electron chi connectivity index (χ1n) is 9.76. The Morgan fingerprint density at radius 3 is 1.80 bits per heavy atom. The Kier molecular flexibility index (Phi) is 4.48. The van der Waals surface area contributed by atoms with Gasteiger partial charge in [-0.05, 0) is 40.6 Å². The summed E-state index contributed by atoms with van der Waals surface area (Å²) in [5.41, 5.74) is 1.61. The van der Waals surface area contributed by atoms with E-state index < -0.39 is 19.7 Å². The molecule has 1 aliphatic heterocycles. The molecule has 0 saturated heterocycles. The van der Waals surface area contributed by atoms with Crippen LogP contribution in [0.15, 0.2) is 72.8 Å². The Labute approximate surface area is 173 Å². The third-order valence-corrected chi connectivity index (χ3v) is 6.73. The maximum atomic E-state index is 13.6. The maximum absolute atomic E-state index is 13.6. The van der Waals surface area contributed by atoms with Gasteiger partial charge in [0.2, 0.25) is 0 Å². The van der Waals surface area contributed by atoms with E-state index in [0.29, 0.717) is 11.5 Å². The number of carbonyl (C=O) groups excluding carboxylic acids is 1. The SMILES string of the molecule is CCOC(=O)CP1(=O)Oc2ccc3ccccc3c2-c2c(ccc3ccccc23)O1. The number of ether oxygens (including phenoxy) is 1. The van der Waals surface area contributed by atoms with Crippen LogP contribution in [0.3, 0.4) is 0 Å². The molecule has 0 aliphatic carbocycles. The van der Waals surface area contributed by atoms with Crippen molar-refractivity contribution < 1.29 is 23.1 Å². The molecule has 0 saturated carbocycles. The van der Waals surface area contributed by atoms with E-state index in [9.17, 15) is 9.36 Å². The zero-order valence-electron chi connectivity index (χ0n) is 16.3. The highest BCUT2D eigenvalue weighted by Gasteiger charge is 2.38. The molecule has 1 heterocycles. The average molecular weight is 418 g/mol. The third-order valence-electron chi connectivity index (χ3n) is 5.13. The van der Waals surface area contributed by atoms with Gasteiger partial charge in [0.05, 0.1) is 6.61 Å². The largest absolute Gasteiger partial charge is 0.465 e. The lowest BCUT2D eigenvalue weighted by Gasteiger charge is -2.17. The highest BCUT2D eigenvalue weighted by molar-refractivity contribution is 7.55. The number of rotatable bonds is 3. The van der Waals surface area contributed by atoms with Crippen molar-refractivity contribution in [1.82, 2.24) is 0 Å². The second-order valence-corrected chi connectivity index (χ2v) is 8.98. The fourth-order valence-electron chi connectivity index (χ4n) is 3.92. The number of hydrogen-bond acceptors (Lipinski definition) is 5. The number of fused-ring (bicyclic) bond motifs is 7. The van der Waals surface area contributed by atoms with Gasteiger partial charge in [0.1, 0.15) is 11.5 Å². The summed E-state index contributed by atoms with van der Waals surface area (Å²) < 4.78 is 30.5. The second-order valence-electron chi connectivity index (χ2n) is 7.08. The van der Waals surface area contributed by atoms with Crippen molar-refractivity contribution in [2.75, 3.05) is 12.8 Å². The fraction of sp³-hybridized carbons (Fsp3) is 0.125. The molecule has 4 aromatic carbocycles. The van der Waals surface area contributed by atoms with Gasteiger partial charge in [-0.3, -0.25) is 4.79 Å². The minimum absolute atomic E-state index is 0.196. The lowest BCUT2D eigenvalue weighted by Crippen LogP contribution is -2.15. The summed E-state index contributed by atoms with van der Waals surface area (Å²) in [6, 6.07) is 23.3. The highest BCUT2D eigenvalue weighted by atomic mass is 31.2.